The topological polar surface area (TPSA) is 114 Å². The smallest absolute Gasteiger partial charge is 0.324 e. The van der Waals surface area contributed by atoms with Crippen LogP contribution in [0.5, 0.6) is 0 Å². The van der Waals surface area contributed by atoms with Gasteiger partial charge in [-0.2, -0.15) is 0 Å². The second kappa shape index (κ2) is 11.3. The summed E-state index contributed by atoms with van der Waals surface area (Å²) in [5.74, 6) is -5.40. The van der Waals surface area contributed by atoms with Gasteiger partial charge in [-0.05, 0) is 45.3 Å². The zero-order valence-corrected chi connectivity index (χ0v) is 18.7. The quantitative estimate of drug-likeness (QED) is 0.220. The normalized spacial score (nSPS) is 19.5. The molecule has 0 saturated heterocycles. The molecule has 1 fully saturated rings. The number of rotatable bonds is 9. The van der Waals surface area contributed by atoms with Crippen molar-refractivity contribution in [3.05, 3.63) is 0 Å². The third-order valence-electron chi connectivity index (χ3n) is 4.53. The van der Waals surface area contributed by atoms with Gasteiger partial charge in [0.2, 0.25) is 4.38 Å². The molecule has 11 heteroatoms. The fourth-order valence-electron chi connectivity index (χ4n) is 3.29. The Morgan fingerprint density at radius 1 is 0.931 bits per heavy atom. The fraction of sp³-hybridized carbons (Fsp3) is 0.722. The molecule has 0 aromatic carbocycles. The van der Waals surface area contributed by atoms with Gasteiger partial charge in [0.1, 0.15) is 0 Å². The number of hydrogen-bond acceptors (Lipinski definition) is 11. The van der Waals surface area contributed by atoms with Crippen LogP contribution < -0.4 is 0 Å². The summed E-state index contributed by atoms with van der Waals surface area (Å²) < 4.78 is 25.0. The van der Waals surface area contributed by atoms with Crippen LogP contribution in [0.15, 0.2) is 0 Å². The Morgan fingerprint density at radius 3 is 1.76 bits per heavy atom. The van der Waals surface area contributed by atoms with Crippen molar-refractivity contribution in [1.29, 1.82) is 0 Å². The van der Waals surface area contributed by atoms with E-state index in [9.17, 15) is 19.2 Å². The van der Waals surface area contributed by atoms with Gasteiger partial charge in [0.15, 0.2) is 11.3 Å². The van der Waals surface area contributed by atoms with E-state index in [1.807, 2.05) is 0 Å². The Balaban J connectivity index is 3.39. The molecule has 1 saturated carbocycles. The van der Waals surface area contributed by atoms with Crippen LogP contribution in [0.2, 0.25) is 0 Å². The molecule has 1 rings (SSSR count). The number of thioether (sulfide) groups is 1. The number of carbonyl (C=O) groups is 4. The Hall–Kier alpha value is -1.88. The zero-order valence-electron chi connectivity index (χ0n) is 17.1. The van der Waals surface area contributed by atoms with Crippen molar-refractivity contribution >= 4 is 52.2 Å². The maximum atomic E-state index is 12.6. The lowest BCUT2D eigenvalue weighted by molar-refractivity contribution is -0.187. The first-order valence-corrected chi connectivity index (χ1v) is 10.4. The van der Waals surface area contributed by atoms with Gasteiger partial charge in [-0.25, -0.2) is 0 Å². The van der Waals surface area contributed by atoms with E-state index in [1.54, 1.807) is 20.8 Å². The minimum Gasteiger partial charge on any atom is -0.479 e. The van der Waals surface area contributed by atoms with E-state index in [4.69, 9.17) is 35.9 Å². The molecule has 2 atom stereocenters. The summed E-state index contributed by atoms with van der Waals surface area (Å²) in [6, 6.07) is 0. The average Bonchev–Trinajstić information content (AvgIpc) is 2.68. The van der Waals surface area contributed by atoms with E-state index < -0.39 is 46.4 Å². The lowest BCUT2D eigenvalue weighted by atomic mass is 9.57. The van der Waals surface area contributed by atoms with Gasteiger partial charge in [0.05, 0.1) is 34.0 Å². The molecule has 0 bridgehead atoms. The molecule has 0 aromatic heterocycles. The summed E-state index contributed by atoms with van der Waals surface area (Å²) in [7, 11) is 2.27. The highest BCUT2D eigenvalue weighted by Gasteiger charge is 2.69. The highest BCUT2D eigenvalue weighted by atomic mass is 32.2. The first-order chi connectivity index (χ1) is 13.7. The standard InChI is InChI=1S/C18H26O9S2/c1-6-25-13(19)11(14(20)26-7-2)10-9-18(15(21)23-4,16(22)24-5)12(10)29-17(28)27-8-3/h10-12H,6-9H2,1-5H3/t10-,12-/m0/s1. The molecule has 0 N–H and O–H groups in total. The van der Waals surface area contributed by atoms with Gasteiger partial charge in [0.25, 0.3) is 0 Å². The van der Waals surface area contributed by atoms with Gasteiger partial charge in [-0.15, -0.1) is 0 Å². The summed E-state index contributed by atoms with van der Waals surface area (Å²) in [5.41, 5.74) is -1.74. The monoisotopic (exact) mass is 450 g/mol. The maximum Gasteiger partial charge on any atom is 0.324 e. The summed E-state index contributed by atoms with van der Waals surface area (Å²) in [6.45, 7) is 5.30. The van der Waals surface area contributed by atoms with Crippen LogP contribution in [0.1, 0.15) is 27.2 Å². The molecule has 164 valence electrons. The number of esters is 4. The van der Waals surface area contributed by atoms with Gasteiger partial charge < -0.3 is 23.7 Å². The van der Waals surface area contributed by atoms with Crippen LogP contribution in [0.3, 0.4) is 0 Å². The third kappa shape index (κ3) is 5.19. The molecule has 9 nitrogen and oxygen atoms in total. The van der Waals surface area contributed by atoms with Gasteiger partial charge in [-0.1, -0.05) is 11.8 Å². The SMILES string of the molecule is CCOC(=O)C(C(=O)OCC)[C@@H]1CC(C(=O)OC)(C(=O)OC)[C@H]1SC(=S)OCC. The molecular weight excluding hydrogens is 424 g/mol. The van der Waals surface area contributed by atoms with E-state index in [0.717, 1.165) is 26.0 Å². The van der Waals surface area contributed by atoms with Crippen LogP contribution in [0.25, 0.3) is 0 Å². The average molecular weight is 451 g/mol. The first-order valence-electron chi connectivity index (χ1n) is 9.08. The summed E-state index contributed by atoms with van der Waals surface area (Å²) in [6.07, 6.45) is -0.166. The molecule has 0 amide bonds. The lowest BCUT2D eigenvalue weighted by Crippen LogP contribution is -2.64. The van der Waals surface area contributed by atoms with Crippen molar-refractivity contribution in [2.45, 2.75) is 32.4 Å². The highest BCUT2D eigenvalue weighted by molar-refractivity contribution is 8.23. The molecule has 0 aromatic rings. The predicted octanol–water partition coefficient (Wildman–Crippen LogP) is 1.50. The second-order valence-corrected chi connectivity index (χ2v) is 7.77. The Kier molecular flexibility index (Phi) is 9.84. The Labute approximate surface area is 179 Å². The van der Waals surface area contributed by atoms with E-state index in [1.165, 1.54) is 0 Å². The number of thiocarbonyl (C=S) groups is 1. The van der Waals surface area contributed by atoms with Gasteiger partial charge in [-0.3, -0.25) is 19.2 Å². The number of ether oxygens (including phenoxy) is 5. The number of hydrogen-bond donors (Lipinski definition) is 0. The molecule has 0 aliphatic heterocycles. The van der Waals surface area contributed by atoms with Crippen molar-refractivity contribution in [1.82, 2.24) is 0 Å². The fourth-order valence-corrected chi connectivity index (χ4v) is 5.03. The van der Waals surface area contributed by atoms with Crippen molar-refractivity contribution in [3.8, 4) is 0 Å². The minimum atomic E-state index is -1.74. The largest absolute Gasteiger partial charge is 0.479 e. The third-order valence-corrected chi connectivity index (χ3v) is 6.25. The van der Waals surface area contributed by atoms with Crippen LogP contribution in [0.4, 0.5) is 0 Å². The van der Waals surface area contributed by atoms with Crippen LogP contribution in [-0.4, -0.2) is 67.6 Å². The van der Waals surface area contributed by atoms with Crippen LogP contribution >= 0.6 is 24.0 Å². The Bertz CT molecular complexity index is 615. The van der Waals surface area contributed by atoms with Crippen LogP contribution in [-0.2, 0) is 42.9 Å². The number of carbonyl (C=O) groups excluding carboxylic acids is 4. The number of methoxy groups -OCH3 is 2. The maximum absolute atomic E-state index is 12.6. The van der Waals surface area contributed by atoms with Gasteiger partial charge in [0, 0.05) is 5.25 Å². The summed E-state index contributed by atoms with van der Waals surface area (Å²) >= 11 is 6.06. The molecule has 0 radical (unpaired) electrons. The van der Waals surface area contributed by atoms with E-state index in [2.05, 4.69) is 0 Å². The van der Waals surface area contributed by atoms with E-state index in [-0.39, 0.29) is 30.6 Å². The lowest BCUT2D eigenvalue weighted by Gasteiger charge is -2.51. The highest BCUT2D eigenvalue weighted by Crippen LogP contribution is 2.57. The molecule has 1 aliphatic rings. The first kappa shape index (κ1) is 25.2. The molecule has 0 spiro atoms. The van der Waals surface area contributed by atoms with Crippen molar-refractivity contribution in [2.75, 3.05) is 34.0 Å². The predicted molar refractivity (Wildman–Crippen MR) is 107 cm³/mol. The molecule has 29 heavy (non-hydrogen) atoms. The summed E-state index contributed by atoms with van der Waals surface area (Å²) in [5, 5.41) is -0.944. The molecule has 0 heterocycles. The van der Waals surface area contributed by atoms with Crippen molar-refractivity contribution < 1.29 is 42.9 Å². The molecular formula is C18H26O9S2. The minimum absolute atomic E-state index is 0.0514. The van der Waals surface area contributed by atoms with Crippen molar-refractivity contribution in [2.24, 2.45) is 17.3 Å². The van der Waals surface area contributed by atoms with Crippen LogP contribution in [0, 0.1) is 17.3 Å². The van der Waals surface area contributed by atoms with Crippen molar-refractivity contribution in [3.63, 3.8) is 0 Å². The summed E-state index contributed by atoms with van der Waals surface area (Å²) in [4.78, 5) is 50.2. The molecule has 1 aliphatic carbocycles. The second-order valence-electron chi connectivity index (χ2n) is 6.03. The molecule has 0 unspecified atom stereocenters. The van der Waals surface area contributed by atoms with E-state index >= 15 is 0 Å². The Morgan fingerprint density at radius 2 is 1.38 bits per heavy atom. The van der Waals surface area contributed by atoms with E-state index in [0.29, 0.717) is 0 Å². The zero-order chi connectivity index (χ0) is 22.2. The van der Waals surface area contributed by atoms with Gasteiger partial charge >= 0.3 is 23.9 Å².